The average Bonchev–Trinajstić information content (AvgIpc) is 3.40. The Hall–Kier alpha value is -2.71. The van der Waals surface area contributed by atoms with E-state index in [1.165, 1.54) is 12.0 Å². The van der Waals surface area contributed by atoms with Crippen LogP contribution in [0.1, 0.15) is 45.1 Å². The topological polar surface area (TPSA) is 134 Å². The molecule has 3 N–H and O–H groups in total. The van der Waals surface area contributed by atoms with Gasteiger partial charge in [0, 0.05) is 12.6 Å². The molecule has 1 aromatic carbocycles. The third-order valence-electron chi connectivity index (χ3n) is 6.76. The van der Waals surface area contributed by atoms with Crippen LogP contribution in [0.4, 0.5) is 13.2 Å². The van der Waals surface area contributed by atoms with Crippen LogP contribution in [0, 0.1) is 5.92 Å². The van der Waals surface area contributed by atoms with E-state index in [9.17, 15) is 36.0 Å². The number of piperidine rings is 1. The Kier molecular flexibility index (Phi) is 9.42. The number of hydrogen-bond donors (Lipinski definition) is 3. The van der Waals surface area contributed by atoms with Crippen molar-refractivity contribution in [1.29, 1.82) is 0 Å². The molecule has 2 saturated heterocycles. The zero-order valence-corrected chi connectivity index (χ0v) is 22.2. The molecule has 0 radical (unpaired) electrons. The number of methoxy groups -OCH3 is 1. The number of nitrogens with one attached hydrogen (secondary N) is 3. The third kappa shape index (κ3) is 7.03. The van der Waals surface area contributed by atoms with Gasteiger partial charge in [0.05, 0.1) is 23.6 Å². The van der Waals surface area contributed by atoms with E-state index in [1.54, 1.807) is 13.8 Å². The summed E-state index contributed by atoms with van der Waals surface area (Å²) in [6, 6.07) is -0.0623. The summed E-state index contributed by atoms with van der Waals surface area (Å²) in [5.41, 5.74) is -1.11. The van der Waals surface area contributed by atoms with Gasteiger partial charge in [0.1, 0.15) is 12.1 Å². The average molecular weight is 563 g/mol. The molecule has 10 nitrogen and oxygen atoms in total. The molecule has 0 bridgehead atoms. The summed E-state index contributed by atoms with van der Waals surface area (Å²) in [4.78, 5) is 39.6. The van der Waals surface area contributed by atoms with E-state index < -0.39 is 62.7 Å². The van der Waals surface area contributed by atoms with Crippen LogP contribution in [0.25, 0.3) is 0 Å². The fourth-order valence-electron chi connectivity index (χ4n) is 4.68. The van der Waals surface area contributed by atoms with E-state index in [4.69, 9.17) is 4.74 Å². The number of amides is 2. The van der Waals surface area contributed by atoms with Gasteiger partial charge < -0.3 is 20.3 Å². The van der Waals surface area contributed by atoms with Crippen molar-refractivity contribution in [2.45, 2.75) is 74.8 Å². The lowest BCUT2D eigenvalue weighted by Crippen LogP contribution is -2.61. The van der Waals surface area contributed by atoms with E-state index in [1.807, 2.05) is 0 Å². The summed E-state index contributed by atoms with van der Waals surface area (Å²) in [5, 5.41) is 5.71. The second-order valence-corrected chi connectivity index (χ2v) is 11.5. The molecule has 0 aliphatic carbocycles. The maximum Gasteiger partial charge on any atom is 0.416 e. The van der Waals surface area contributed by atoms with E-state index in [0.717, 1.165) is 24.6 Å². The number of alkyl halides is 3. The molecule has 14 heteroatoms. The van der Waals surface area contributed by atoms with Crippen LogP contribution in [0.2, 0.25) is 0 Å². The maximum absolute atomic E-state index is 13.4. The lowest BCUT2D eigenvalue weighted by atomic mass is 9.95. The first kappa shape index (κ1) is 29.8. The number of nitrogens with zero attached hydrogens (tertiary/aromatic N) is 1. The van der Waals surface area contributed by atoms with Crippen molar-refractivity contribution in [2.24, 2.45) is 5.92 Å². The molecule has 0 aromatic heterocycles. The van der Waals surface area contributed by atoms with Crippen molar-refractivity contribution in [3.8, 4) is 0 Å². The lowest BCUT2D eigenvalue weighted by Gasteiger charge is -2.40. The number of carbonyl (C=O) groups is 3. The number of carbonyl (C=O) groups excluding carboxylic acids is 3. The summed E-state index contributed by atoms with van der Waals surface area (Å²) in [7, 11) is -3.19. The van der Waals surface area contributed by atoms with Gasteiger partial charge in [-0.25, -0.2) is 17.9 Å². The van der Waals surface area contributed by atoms with E-state index >= 15 is 0 Å². The van der Waals surface area contributed by atoms with Crippen molar-refractivity contribution in [1.82, 2.24) is 20.3 Å². The quantitative estimate of drug-likeness (QED) is 0.408. The predicted molar refractivity (Wildman–Crippen MR) is 130 cm³/mol. The second kappa shape index (κ2) is 12.0. The predicted octanol–water partition coefficient (Wildman–Crippen LogP) is 1.41. The molecule has 4 atom stereocenters. The Morgan fingerprint density at radius 3 is 2.47 bits per heavy atom. The highest BCUT2D eigenvalue weighted by atomic mass is 32.2. The minimum Gasteiger partial charge on any atom is -0.467 e. The van der Waals surface area contributed by atoms with Crippen molar-refractivity contribution in [3.63, 3.8) is 0 Å². The van der Waals surface area contributed by atoms with Gasteiger partial charge in [0.15, 0.2) is 0 Å². The van der Waals surface area contributed by atoms with E-state index in [-0.39, 0.29) is 31.2 Å². The number of ether oxygens (including phenoxy) is 1. The first-order valence-corrected chi connectivity index (χ1v) is 13.8. The maximum atomic E-state index is 13.4. The molecule has 0 spiro atoms. The van der Waals surface area contributed by atoms with Gasteiger partial charge in [0.2, 0.25) is 21.8 Å². The molecule has 38 heavy (non-hydrogen) atoms. The van der Waals surface area contributed by atoms with Gasteiger partial charge in [-0.1, -0.05) is 19.9 Å². The van der Waals surface area contributed by atoms with Crippen molar-refractivity contribution in [2.75, 3.05) is 20.2 Å². The summed E-state index contributed by atoms with van der Waals surface area (Å²) in [6.45, 7) is 4.11. The first-order valence-electron chi connectivity index (χ1n) is 12.4. The van der Waals surface area contributed by atoms with E-state index in [2.05, 4.69) is 15.4 Å². The minimum absolute atomic E-state index is 0.0371. The summed E-state index contributed by atoms with van der Waals surface area (Å²) in [6.07, 6.45) is -3.33. The molecule has 2 heterocycles. The van der Waals surface area contributed by atoms with Gasteiger partial charge in [-0.15, -0.1) is 0 Å². The fraction of sp³-hybridized carbons (Fsp3) is 0.625. The highest BCUT2D eigenvalue weighted by Crippen LogP contribution is 2.31. The Bertz CT molecular complexity index is 1140. The number of rotatable bonds is 8. The van der Waals surface area contributed by atoms with Crippen LogP contribution in [0.5, 0.6) is 0 Å². The van der Waals surface area contributed by atoms with Crippen LogP contribution >= 0.6 is 0 Å². The number of benzene rings is 1. The van der Waals surface area contributed by atoms with Crippen LogP contribution in [0.15, 0.2) is 29.2 Å². The molecule has 0 saturated carbocycles. The van der Waals surface area contributed by atoms with Crippen LogP contribution in [0.3, 0.4) is 0 Å². The number of likely N-dealkylation sites (tertiary alicyclic amines) is 1. The molecule has 2 aliphatic rings. The van der Waals surface area contributed by atoms with Crippen LogP contribution in [-0.4, -0.2) is 75.5 Å². The molecule has 2 amide bonds. The monoisotopic (exact) mass is 562 g/mol. The number of halogens is 3. The summed E-state index contributed by atoms with van der Waals surface area (Å²) < 4.78 is 72.4. The Labute approximate surface area is 219 Å². The normalized spacial score (nSPS) is 23.2. The second-order valence-electron chi connectivity index (χ2n) is 9.82. The molecule has 212 valence electrons. The Balaban J connectivity index is 1.83. The highest BCUT2D eigenvalue weighted by molar-refractivity contribution is 7.89. The molecule has 1 aromatic rings. The smallest absolute Gasteiger partial charge is 0.416 e. The van der Waals surface area contributed by atoms with Gasteiger partial charge >= 0.3 is 12.1 Å². The zero-order chi connectivity index (χ0) is 28.3. The minimum atomic E-state index is -4.72. The standard InChI is InChI=1S/C24H33F3N4O6S/c1-14(2)20(23(34)37-3)29-21(32)19-13-16(9-11-31(19)22(33)18-8-5-10-28-18)30-38(35,36)17-7-4-6-15(12-17)24(25,26)27/h4,6-7,12,14,16,18-20,28,30H,5,8-11,13H2,1-3H3,(H,29,32). The number of esters is 1. The van der Waals surface area contributed by atoms with Crippen molar-refractivity contribution < 1.29 is 40.7 Å². The lowest BCUT2D eigenvalue weighted by molar-refractivity contribution is -0.149. The molecule has 4 unspecified atom stereocenters. The summed E-state index contributed by atoms with van der Waals surface area (Å²) in [5.74, 6) is -1.95. The Morgan fingerprint density at radius 1 is 1.18 bits per heavy atom. The largest absolute Gasteiger partial charge is 0.467 e. The van der Waals surface area contributed by atoms with Gasteiger partial charge in [0.25, 0.3) is 0 Å². The number of sulfonamides is 1. The number of hydrogen-bond acceptors (Lipinski definition) is 7. The summed E-state index contributed by atoms with van der Waals surface area (Å²) >= 11 is 0. The highest BCUT2D eigenvalue weighted by Gasteiger charge is 2.42. The third-order valence-corrected chi connectivity index (χ3v) is 8.28. The molecular formula is C24H33F3N4O6S. The molecule has 2 fully saturated rings. The SMILES string of the molecule is COC(=O)C(NC(=O)C1CC(NS(=O)(=O)c2cccc(C(F)(F)F)c2)CCN1C(=O)C1CCCN1)C(C)C. The first-order chi connectivity index (χ1) is 17.7. The van der Waals surface area contributed by atoms with Gasteiger partial charge in [-0.05, 0) is 56.3 Å². The molecular weight excluding hydrogens is 529 g/mol. The van der Waals surface area contributed by atoms with Gasteiger partial charge in [-0.2, -0.15) is 13.2 Å². The van der Waals surface area contributed by atoms with Crippen molar-refractivity contribution >= 4 is 27.8 Å². The molecule has 3 rings (SSSR count). The van der Waals surface area contributed by atoms with Crippen LogP contribution in [-0.2, 0) is 35.3 Å². The zero-order valence-electron chi connectivity index (χ0n) is 21.4. The van der Waals surface area contributed by atoms with Crippen molar-refractivity contribution in [3.05, 3.63) is 29.8 Å². The van der Waals surface area contributed by atoms with Crippen LogP contribution < -0.4 is 15.4 Å². The fourth-order valence-corrected chi connectivity index (χ4v) is 6.01. The Morgan fingerprint density at radius 2 is 1.89 bits per heavy atom. The van der Waals surface area contributed by atoms with Gasteiger partial charge in [-0.3, -0.25) is 9.59 Å². The molecule has 2 aliphatic heterocycles. The van der Waals surface area contributed by atoms with E-state index in [0.29, 0.717) is 19.0 Å².